The van der Waals surface area contributed by atoms with E-state index in [9.17, 15) is 4.79 Å². The Kier molecular flexibility index (Phi) is 4.60. The summed E-state index contributed by atoms with van der Waals surface area (Å²) in [4.78, 5) is 16.4. The topological polar surface area (TPSA) is 94.2 Å². The van der Waals surface area contributed by atoms with Crippen molar-refractivity contribution in [2.24, 2.45) is 7.05 Å². The average molecular weight is 343 g/mol. The van der Waals surface area contributed by atoms with Crippen molar-refractivity contribution in [1.29, 1.82) is 0 Å². The fourth-order valence-electron chi connectivity index (χ4n) is 2.36. The van der Waals surface area contributed by atoms with Crippen LogP contribution < -0.4 is 15.4 Å². The molecule has 2 heterocycles. The molecule has 0 atom stereocenters. The van der Waals surface area contributed by atoms with Gasteiger partial charge in [-0.2, -0.15) is 5.10 Å². The van der Waals surface area contributed by atoms with E-state index < -0.39 is 0 Å². The van der Waals surface area contributed by atoms with Crippen molar-refractivity contribution in [3.8, 4) is 5.75 Å². The van der Waals surface area contributed by atoms with Crippen LogP contribution in [0.4, 0.5) is 10.6 Å². The highest BCUT2D eigenvalue weighted by atomic mass is 16.5. The highest BCUT2D eigenvalue weighted by molar-refractivity contribution is 5.88. The molecule has 0 radical (unpaired) electrons. The largest absolute Gasteiger partial charge is 0.497 e. The number of nitrogens with zero attached hydrogens (tertiary/aromatic N) is 3. The minimum atomic E-state index is -0.349. The molecule has 3 aromatic rings. The first kappa shape index (κ1) is 16.8. The number of methoxy groups -OCH3 is 1. The van der Waals surface area contributed by atoms with E-state index in [0.29, 0.717) is 34.5 Å². The Morgan fingerprint density at radius 2 is 2.16 bits per heavy atom. The number of hydrogen-bond acceptors (Lipinski definition) is 5. The zero-order valence-corrected chi connectivity index (χ0v) is 14.7. The lowest BCUT2D eigenvalue weighted by Gasteiger charge is -2.05. The number of carbonyl (C=O) groups excluding carboxylic acids is 1. The van der Waals surface area contributed by atoms with Crippen molar-refractivity contribution in [2.75, 3.05) is 12.4 Å². The number of amides is 2. The normalized spacial score (nSPS) is 11.1. The van der Waals surface area contributed by atoms with E-state index in [2.05, 4.69) is 34.6 Å². The molecule has 0 saturated heterocycles. The summed E-state index contributed by atoms with van der Waals surface area (Å²) in [6.45, 7) is 4.28. The SMILES string of the molecule is COc1ccc2oc(CNC(=O)Nc3cc(C(C)C)nn3C)nc2c1. The van der Waals surface area contributed by atoms with Crippen LogP contribution in [0.3, 0.4) is 0 Å². The fourth-order valence-corrected chi connectivity index (χ4v) is 2.36. The molecule has 0 aliphatic heterocycles. The molecule has 0 fully saturated rings. The molecule has 8 heteroatoms. The molecule has 0 spiro atoms. The molecule has 3 rings (SSSR count). The molecule has 132 valence electrons. The number of carbonyl (C=O) groups is 1. The summed E-state index contributed by atoms with van der Waals surface area (Å²) in [5.41, 5.74) is 2.25. The zero-order chi connectivity index (χ0) is 18.0. The van der Waals surface area contributed by atoms with E-state index in [1.165, 1.54) is 0 Å². The molecule has 25 heavy (non-hydrogen) atoms. The first-order chi connectivity index (χ1) is 12.0. The zero-order valence-electron chi connectivity index (χ0n) is 14.7. The Labute approximate surface area is 145 Å². The van der Waals surface area contributed by atoms with Crippen LogP contribution in [-0.2, 0) is 13.6 Å². The highest BCUT2D eigenvalue weighted by Gasteiger charge is 2.12. The summed E-state index contributed by atoms with van der Waals surface area (Å²) in [5, 5.41) is 9.85. The minimum absolute atomic E-state index is 0.178. The van der Waals surface area contributed by atoms with Gasteiger partial charge in [-0.25, -0.2) is 9.78 Å². The number of benzene rings is 1. The number of oxazole rings is 1. The number of aryl methyl sites for hydroxylation is 1. The molecule has 2 aromatic heterocycles. The van der Waals surface area contributed by atoms with Gasteiger partial charge in [0.2, 0.25) is 5.89 Å². The summed E-state index contributed by atoms with van der Waals surface area (Å²) in [6, 6.07) is 6.87. The van der Waals surface area contributed by atoms with Gasteiger partial charge in [0.15, 0.2) is 5.58 Å². The smallest absolute Gasteiger partial charge is 0.320 e. The highest BCUT2D eigenvalue weighted by Crippen LogP contribution is 2.21. The van der Waals surface area contributed by atoms with Crippen LogP contribution in [0.2, 0.25) is 0 Å². The predicted molar refractivity (Wildman–Crippen MR) is 93.7 cm³/mol. The van der Waals surface area contributed by atoms with Gasteiger partial charge in [0.25, 0.3) is 0 Å². The summed E-state index contributed by atoms with van der Waals surface area (Å²) in [7, 11) is 3.38. The Balaban J connectivity index is 1.62. The summed E-state index contributed by atoms with van der Waals surface area (Å²) in [5.74, 6) is 2.05. The van der Waals surface area contributed by atoms with E-state index in [0.717, 1.165) is 5.69 Å². The second kappa shape index (κ2) is 6.84. The van der Waals surface area contributed by atoms with E-state index in [1.54, 1.807) is 37.0 Å². The number of fused-ring (bicyclic) bond motifs is 1. The second-order valence-electron chi connectivity index (χ2n) is 5.98. The minimum Gasteiger partial charge on any atom is -0.497 e. The van der Waals surface area contributed by atoms with Gasteiger partial charge < -0.3 is 14.5 Å². The summed E-state index contributed by atoms with van der Waals surface area (Å²) < 4.78 is 12.4. The Hall–Kier alpha value is -3.03. The Morgan fingerprint density at radius 3 is 2.84 bits per heavy atom. The van der Waals surface area contributed by atoms with Crippen molar-refractivity contribution < 1.29 is 13.9 Å². The fraction of sp³-hybridized carbons (Fsp3) is 0.353. The lowest BCUT2D eigenvalue weighted by molar-refractivity contribution is 0.250. The molecule has 2 N–H and O–H groups in total. The van der Waals surface area contributed by atoms with Crippen molar-refractivity contribution in [3.63, 3.8) is 0 Å². The number of anilines is 1. The van der Waals surface area contributed by atoms with E-state index in [4.69, 9.17) is 9.15 Å². The molecule has 0 aliphatic carbocycles. The van der Waals surface area contributed by atoms with Gasteiger partial charge in [0.1, 0.15) is 17.1 Å². The van der Waals surface area contributed by atoms with Crippen molar-refractivity contribution >= 4 is 22.9 Å². The van der Waals surface area contributed by atoms with Crippen LogP contribution in [0.25, 0.3) is 11.1 Å². The van der Waals surface area contributed by atoms with Gasteiger partial charge >= 0.3 is 6.03 Å². The lowest BCUT2D eigenvalue weighted by Crippen LogP contribution is -2.29. The number of rotatable bonds is 5. The monoisotopic (exact) mass is 343 g/mol. The predicted octanol–water partition coefficient (Wildman–Crippen LogP) is 3.02. The Bertz CT molecular complexity index is 897. The van der Waals surface area contributed by atoms with Gasteiger partial charge in [0.05, 0.1) is 19.3 Å². The second-order valence-corrected chi connectivity index (χ2v) is 5.98. The number of nitrogens with one attached hydrogen (secondary N) is 2. The van der Waals surface area contributed by atoms with Crippen LogP contribution in [-0.4, -0.2) is 27.9 Å². The molecule has 0 saturated carbocycles. The van der Waals surface area contributed by atoms with Crippen molar-refractivity contribution in [1.82, 2.24) is 20.1 Å². The Morgan fingerprint density at radius 1 is 1.36 bits per heavy atom. The van der Waals surface area contributed by atoms with E-state index in [-0.39, 0.29) is 12.6 Å². The first-order valence-electron chi connectivity index (χ1n) is 7.98. The molecule has 0 unspecified atom stereocenters. The van der Waals surface area contributed by atoms with Crippen molar-refractivity contribution in [3.05, 3.63) is 35.9 Å². The molecular formula is C17H21N5O3. The maximum Gasteiger partial charge on any atom is 0.320 e. The van der Waals surface area contributed by atoms with Gasteiger partial charge in [-0.3, -0.25) is 10.00 Å². The molecule has 0 bridgehead atoms. The van der Waals surface area contributed by atoms with Crippen LogP contribution in [0, 0.1) is 0 Å². The standard InChI is InChI=1S/C17H21N5O3/c1-10(2)12-8-15(22(3)21-12)20-17(23)18-9-16-19-13-7-11(24-4)5-6-14(13)25-16/h5-8,10H,9H2,1-4H3,(H2,18,20,23). The van der Waals surface area contributed by atoms with E-state index in [1.807, 2.05) is 6.07 Å². The van der Waals surface area contributed by atoms with Crippen LogP contribution in [0.15, 0.2) is 28.7 Å². The maximum atomic E-state index is 12.1. The maximum absolute atomic E-state index is 12.1. The van der Waals surface area contributed by atoms with Gasteiger partial charge in [-0.15, -0.1) is 0 Å². The van der Waals surface area contributed by atoms with Crippen LogP contribution in [0.5, 0.6) is 5.75 Å². The number of urea groups is 1. The molecular weight excluding hydrogens is 322 g/mol. The number of hydrogen-bond donors (Lipinski definition) is 2. The van der Waals surface area contributed by atoms with Gasteiger partial charge in [0, 0.05) is 19.2 Å². The van der Waals surface area contributed by atoms with Gasteiger partial charge in [-0.1, -0.05) is 13.8 Å². The third kappa shape index (κ3) is 3.73. The molecule has 1 aromatic carbocycles. The number of aromatic nitrogens is 3. The summed E-state index contributed by atoms with van der Waals surface area (Å²) >= 11 is 0. The molecule has 8 nitrogen and oxygen atoms in total. The first-order valence-corrected chi connectivity index (χ1v) is 7.98. The third-order valence-corrected chi connectivity index (χ3v) is 3.77. The number of ether oxygens (including phenoxy) is 1. The quantitative estimate of drug-likeness (QED) is 0.742. The summed E-state index contributed by atoms with van der Waals surface area (Å²) in [6.07, 6.45) is 0. The van der Waals surface area contributed by atoms with E-state index >= 15 is 0 Å². The van der Waals surface area contributed by atoms with Crippen molar-refractivity contribution in [2.45, 2.75) is 26.3 Å². The van der Waals surface area contributed by atoms with Crippen LogP contribution in [0.1, 0.15) is 31.4 Å². The third-order valence-electron chi connectivity index (χ3n) is 3.77. The van der Waals surface area contributed by atoms with Gasteiger partial charge in [-0.05, 0) is 18.1 Å². The van der Waals surface area contributed by atoms with Crippen LogP contribution >= 0.6 is 0 Å². The lowest BCUT2D eigenvalue weighted by atomic mass is 10.1. The molecule has 0 aliphatic rings. The molecule has 2 amide bonds. The average Bonchev–Trinajstić information content (AvgIpc) is 3.15.